The van der Waals surface area contributed by atoms with Crippen LogP contribution in [0.5, 0.6) is 0 Å². The first-order valence-corrected chi connectivity index (χ1v) is 6.20. The van der Waals surface area contributed by atoms with Crippen LogP contribution in [0.4, 0.5) is 32.0 Å². The van der Waals surface area contributed by atoms with Crippen LogP contribution >= 0.6 is 0 Å². The zero-order chi connectivity index (χ0) is 18.3. The minimum atomic E-state index is -5.16. The second kappa shape index (κ2) is 5.91. The number of hydrazone groups is 1. The number of hydrogen-bond acceptors (Lipinski definition) is 6. The Hall–Kier alpha value is -2.39. The number of nitriles is 1. The van der Waals surface area contributed by atoms with Crippen LogP contribution in [-0.4, -0.2) is 39.4 Å². The summed E-state index contributed by atoms with van der Waals surface area (Å²) in [5, 5.41) is 31.8. The highest BCUT2D eigenvalue weighted by atomic mass is 19.4. The Morgan fingerprint density at radius 2 is 1.88 bits per heavy atom. The van der Waals surface area contributed by atoms with Crippen LogP contribution in [0.25, 0.3) is 0 Å². The first-order valence-electron chi connectivity index (χ1n) is 6.20. The van der Waals surface area contributed by atoms with Gasteiger partial charge in [-0.1, -0.05) is 0 Å². The molecule has 2 heterocycles. The van der Waals surface area contributed by atoms with Gasteiger partial charge in [0.1, 0.15) is 17.5 Å². The van der Waals surface area contributed by atoms with E-state index in [2.05, 4.69) is 10.1 Å². The Bertz CT molecular complexity index is 696. The molecule has 12 heteroatoms. The number of anilines is 1. The summed E-state index contributed by atoms with van der Waals surface area (Å²) in [4.78, 5) is 3.06. The van der Waals surface area contributed by atoms with Crippen molar-refractivity contribution in [3.8, 4) is 6.07 Å². The summed E-state index contributed by atoms with van der Waals surface area (Å²) in [7, 11) is 0. The van der Waals surface area contributed by atoms with Gasteiger partial charge in [-0.2, -0.15) is 36.7 Å². The second-order valence-corrected chi connectivity index (χ2v) is 4.76. The van der Waals surface area contributed by atoms with Crippen molar-refractivity contribution in [1.29, 1.82) is 5.26 Å². The lowest BCUT2D eigenvalue weighted by Crippen LogP contribution is -2.46. The molecule has 1 aromatic rings. The van der Waals surface area contributed by atoms with Crippen LogP contribution in [0, 0.1) is 17.2 Å². The monoisotopic (exact) mass is 354 g/mol. The summed E-state index contributed by atoms with van der Waals surface area (Å²) < 4.78 is 75.8. The number of halogens is 6. The van der Waals surface area contributed by atoms with Gasteiger partial charge in [0.15, 0.2) is 12.3 Å². The predicted octanol–water partition coefficient (Wildman–Crippen LogP) is 1.66. The van der Waals surface area contributed by atoms with E-state index >= 15 is 0 Å². The topological polar surface area (TPSA) is 92.7 Å². The molecular weight excluding hydrogens is 346 g/mol. The third-order valence-electron chi connectivity index (χ3n) is 3.19. The molecule has 1 aliphatic rings. The predicted molar refractivity (Wildman–Crippen MR) is 66.3 cm³/mol. The molecule has 130 valence electrons. The minimum absolute atomic E-state index is 0.398. The first-order chi connectivity index (χ1) is 11.0. The molecule has 0 bridgehead atoms. The summed E-state index contributed by atoms with van der Waals surface area (Å²) in [5.41, 5.74) is -2.66. The molecule has 0 saturated heterocycles. The molecule has 0 amide bonds. The molecule has 1 aliphatic heterocycles. The Labute approximate surface area is 130 Å². The van der Waals surface area contributed by atoms with Crippen molar-refractivity contribution >= 4 is 11.4 Å². The fourth-order valence-corrected chi connectivity index (χ4v) is 2.08. The maximum absolute atomic E-state index is 12.6. The van der Waals surface area contributed by atoms with E-state index in [0.717, 1.165) is 12.3 Å². The van der Waals surface area contributed by atoms with Crippen molar-refractivity contribution in [2.45, 2.75) is 24.7 Å². The quantitative estimate of drug-likeness (QED) is 0.788. The van der Waals surface area contributed by atoms with Gasteiger partial charge in [-0.25, -0.2) is 5.01 Å². The Morgan fingerprint density at radius 3 is 2.38 bits per heavy atom. The lowest BCUT2D eigenvalue weighted by molar-refractivity contribution is -0.218. The van der Waals surface area contributed by atoms with E-state index in [4.69, 9.17) is 5.26 Å². The van der Waals surface area contributed by atoms with Crippen LogP contribution in [0.1, 0.15) is 5.69 Å². The van der Waals surface area contributed by atoms with Crippen LogP contribution in [-0.2, 0) is 6.18 Å². The molecule has 1 aromatic heterocycles. The van der Waals surface area contributed by atoms with Gasteiger partial charge < -0.3 is 10.2 Å². The van der Waals surface area contributed by atoms with Gasteiger partial charge in [-0.15, -0.1) is 0 Å². The van der Waals surface area contributed by atoms with E-state index < -0.39 is 47.7 Å². The van der Waals surface area contributed by atoms with Crippen molar-refractivity contribution in [3.63, 3.8) is 0 Å². The molecule has 24 heavy (non-hydrogen) atoms. The number of nitrogens with zero attached hydrogens (tertiary/aromatic N) is 4. The van der Waals surface area contributed by atoms with Crippen LogP contribution in [0.3, 0.4) is 0 Å². The number of pyridine rings is 1. The molecular formula is C12H8F6N4O2. The van der Waals surface area contributed by atoms with Crippen molar-refractivity contribution in [3.05, 3.63) is 24.0 Å². The third kappa shape index (κ3) is 3.26. The highest BCUT2D eigenvalue weighted by Gasteiger charge is 2.52. The van der Waals surface area contributed by atoms with E-state index in [9.17, 15) is 36.6 Å². The maximum Gasteiger partial charge on any atom is 0.433 e. The highest BCUT2D eigenvalue weighted by Crippen LogP contribution is 2.36. The van der Waals surface area contributed by atoms with E-state index in [0.29, 0.717) is 11.1 Å². The van der Waals surface area contributed by atoms with E-state index in [1.165, 1.54) is 6.07 Å². The fraction of sp³-hybridized carbons (Fsp3) is 0.417. The smallest absolute Gasteiger partial charge is 0.383 e. The molecule has 3 atom stereocenters. The zero-order valence-corrected chi connectivity index (χ0v) is 11.4. The minimum Gasteiger partial charge on any atom is -0.383 e. The standard InChI is InChI=1S/C12H8F6N4O2/c13-11(14,15)7-3-5(1-2-20-7)22-10(24)8(6(4-19)21-22)9(23)12(16,17)18/h1-3,8-10,23-24H. The largest absolute Gasteiger partial charge is 0.433 e. The Balaban J connectivity index is 2.41. The molecule has 0 fully saturated rings. The summed E-state index contributed by atoms with van der Waals surface area (Å²) in [6.45, 7) is 0. The normalized spacial score (nSPS) is 23.0. The fourth-order valence-electron chi connectivity index (χ4n) is 2.08. The number of hydrogen-bond donors (Lipinski definition) is 2. The summed E-state index contributed by atoms with van der Waals surface area (Å²) in [6.07, 6.45) is -14.6. The number of alkyl halides is 6. The molecule has 0 aliphatic carbocycles. The maximum atomic E-state index is 12.6. The first kappa shape index (κ1) is 18.0. The van der Waals surface area contributed by atoms with Crippen molar-refractivity contribution in [2.24, 2.45) is 11.0 Å². The average molecular weight is 354 g/mol. The molecule has 0 saturated carbocycles. The number of aromatic nitrogens is 1. The van der Waals surface area contributed by atoms with Crippen LogP contribution in [0.2, 0.25) is 0 Å². The van der Waals surface area contributed by atoms with Crippen molar-refractivity contribution in [1.82, 2.24) is 4.98 Å². The highest BCUT2D eigenvalue weighted by molar-refractivity contribution is 6.03. The van der Waals surface area contributed by atoms with E-state index in [1.807, 2.05) is 0 Å². The number of rotatable bonds is 2. The Morgan fingerprint density at radius 1 is 1.25 bits per heavy atom. The van der Waals surface area contributed by atoms with Gasteiger partial charge in [-0.3, -0.25) is 4.98 Å². The molecule has 2 rings (SSSR count). The van der Waals surface area contributed by atoms with E-state index in [1.54, 1.807) is 0 Å². The number of aliphatic hydroxyl groups excluding tert-OH is 2. The van der Waals surface area contributed by atoms with Gasteiger partial charge in [0, 0.05) is 6.20 Å². The molecule has 0 radical (unpaired) electrons. The Kier molecular flexibility index (Phi) is 4.42. The summed E-state index contributed by atoms with van der Waals surface area (Å²) in [5.74, 6) is -2.16. The molecule has 6 nitrogen and oxygen atoms in total. The summed E-state index contributed by atoms with van der Waals surface area (Å²) in [6, 6.07) is 2.70. The van der Waals surface area contributed by atoms with Crippen molar-refractivity contribution in [2.75, 3.05) is 5.01 Å². The summed E-state index contributed by atoms with van der Waals surface area (Å²) >= 11 is 0. The lowest BCUT2D eigenvalue weighted by atomic mass is 9.95. The zero-order valence-electron chi connectivity index (χ0n) is 11.4. The van der Waals surface area contributed by atoms with Gasteiger partial charge in [0.05, 0.1) is 11.6 Å². The molecule has 2 N–H and O–H groups in total. The second-order valence-electron chi connectivity index (χ2n) is 4.76. The van der Waals surface area contributed by atoms with Crippen LogP contribution < -0.4 is 5.01 Å². The molecule has 0 aromatic carbocycles. The molecule has 3 unspecified atom stereocenters. The average Bonchev–Trinajstić information content (AvgIpc) is 2.81. The molecule has 0 spiro atoms. The van der Waals surface area contributed by atoms with E-state index in [-0.39, 0.29) is 0 Å². The van der Waals surface area contributed by atoms with Crippen molar-refractivity contribution < 1.29 is 36.6 Å². The van der Waals surface area contributed by atoms with Crippen LogP contribution in [0.15, 0.2) is 23.4 Å². The van der Waals surface area contributed by atoms with Gasteiger partial charge in [0.25, 0.3) is 0 Å². The van der Waals surface area contributed by atoms with Gasteiger partial charge >= 0.3 is 12.4 Å². The van der Waals surface area contributed by atoms with Gasteiger partial charge in [0.2, 0.25) is 0 Å². The third-order valence-corrected chi connectivity index (χ3v) is 3.19. The lowest BCUT2D eigenvalue weighted by Gasteiger charge is -2.26. The number of aliphatic hydroxyl groups is 2. The van der Waals surface area contributed by atoms with Gasteiger partial charge in [-0.05, 0) is 12.1 Å². The SMILES string of the molecule is N#CC1=NN(c2ccnc(C(F)(F)F)c2)C(O)C1C(O)C(F)(F)F.